The second-order valence-electron chi connectivity index (χ2n) is 7.83. The largest absolute Gasteiger partial charge is 0.463 e. The summed E-state index contributed by atoms with van der Waals surface area (Å²) in [6, 6.07) is 11.4. The molecule has 3 aromatic rings. The Hall–Kier alpha value is -2.41. The first-order valence-electron chi connectivity index (χ1n) is 9.88. The molecule has 29 heavy (non-hydrogen) atoms. The summed E-state index contributed by atoms with van der Waals surface area (Å²) in [5.74, 6) is 0.483. The fourth-order valence-corrected chi connectivity index (χ4v) is 4.58. The van der Waals surface area contributed by atoms with Gasteiger partial charge in [0.25, 0.3) is 5.91 Å². The molecule has 0 aliphatic carbocycles. The lowest BCUT2D eigenvalue weighted by Crippen LogP contribution is -2.45. The molecule has 0 spiro atoms. The number of morpholine rings is 1. The van der Waals surface area contributed by atoms with Crippen molar-refractivity contribution in [2.75, 3.05) is 19.7 Å². The van der Waals surface area contributed by atoms with Crippen LogP contribution in [0.2, 0.25) is 5.02 Å². The Labute approximate surface area is 173 Å². The topological polar surface area (TPSA) is 67.6 Å². The molecule has 5 rings (SSSR count). The van der Waals surface area contributed by atoms with Crippen molar-refractivity contribution >= 4 is 28.4 Å². The Morgan fingerprint density at radius 2 is 2.17 bits per heavy atom. The summed E-state index contributed by atoms with van der Waals surface area (Å²) in [5.41, 5.74) is 1.74. The normalized spacial score (nSPS) is 24.6. The number of halogens is 1. The van der Waals surface area contributed by atoms with E-state index in [2.05, 4.69) is 22.1 Å². The van der Waals surface area contributed by atoms with Crippen molar-refractivity contribution < 1.29 is 13.9 Å². The zero-order valence-corrected chi connectivity index (χ0v) is 16.9. The summed E-state index contributed by atoms with van der Waals surface area (Å²) >= 11 is 6.39. The monoisotopic (exact) mass is 411 g/mol. The Bertz CT molecular complexity index is 1050. The molecular weight excluding hydrogens is 390 g/mol. The van der Waals surface area contributed by atoms with Crippen LogP contribution in [-0.2, 0) is 4.74 Å². The van der Waals surface area contributed by atoms with Gasteiger partial charge in [-0.2, -0.15) is 0 Å². The molecular formula is C22H22ClN3O3. The van der Waals surface area contributed by atoms with Gasteiger partial charge in [0.15, 0.2) is 5.76 Å². The molecule has 0 radical (unpaired) electrons. The Kier molecular flexibility index (Phi) is 4.78. The van der Waals surface area contributed by atoms with Crippen LogP contribution in [0.4, 0.5) is 0 Å². The van der Waals surface area contributed by atoms with Crippen molar-refractivity contribution in [2.24, 2.45) is 0 Å². The summed E-state index contributed by atoms with van der Waals surface area (Å²) in [4.78, 5) is 20.3. The van der Waals surface area contributed by atoms with Crippen molar-refractivity contribution in [3.05, 3.63) is 53.2 Å². The van der Waals surface area contributed by atoms with E-state index >= 15 is 0 Å². The zero-order valence-electron chi connectivity index (χ0n) is 16.1. The number of ether oxygens (including phenoxy) is 1. The first-order chi connectivity index (χ1) is 14.1. The Morgan fingerprint density at radius 1 is 1.28 bits per heavy atom. The molecule has 0 saturated carbocycles. The van der Waals surface area contributed by atoms with Gasteiger partial charge in [0.1, 0.15) is 5.69 Å². The number of rotatable bonds is 3. The third-order valence-corrected chi connectivity index (χ3v) is 6.04. The molecule has 2 aromatic heterocycles. The lowest BCUT2D eigenvalue weighted by molar-refractivity contribution is -0.0390. The third kappa shape index (κ3) is 3.52. The van der Waals surface area contributed by atoms with Gasteiger partial charge >= 0.3 is 0 Å². The SMILES string of the molecule is C[C@@H]1CN2C[C@H](NC(=O)c3cc(-c4ccco4)nc4c(Cl)cccc34)C[C@H]2CO1. The van der Waals surface area contributed by atoms with Crippen molar-refractivity contribution in [3.63, 3.8) is 0 Å². The van der Waals surface area contributed by atoms with Crippen LogP contribution in [0.5, 0.6) is 0 Å². The second kappa shape index (κ2) is 7.44. The van der Waals surface area contributed by atoms with Gasteiger partial charge < -0.3 is 14.5 Å². The van der Waals surface area contributed by atoms with Crippen molar-refractivity contribution in [3.8, 4) is 11.5 Å². The van der Waals surface area contributed by atoms with Crippen LogP contribution in [0.25, 0.3) is 22.4 Å². The maximum atomic E-state index is 13.3. The van der Waals surface area contributed by atoms with Crippen LogP contribution in [0.3, 0.4) is 0 Å². The number of nitrogens with one attached hydrogen (secondary N) is 1. The summed E-state index contributed by atoms with van der Waals surface area (Å²) in [6.45, 7) is 4.57. The standard InChI is InChI=1S/C22H22ClN3O3/c1-13-10-26-11-14(8-15(26)12-29-13)24-22(27)17-9-19(20-6-3-7-28-20)25-21-16(17)4-2-5-18(21)23/h2-7,9,13-15H,8,10-12H2,1H3,(H,24,27)/t13-,14-,15+/m1/s1. The molecule has 2 saturated heterocycles. The lowest BCUT2D eigenvalue weighted by atomic mass is 10.0. The molecule has 2 aliphatic heterocycles. The molecule has 0 bridgehead atoms. The summed E-state index contributed by atoms with van der Waals surface area (Å²) in [5, 5.41) is 4.46. The number of pyridine rings is 1. The van der Waals surface area contributed by atoms with E-state index in [4.69, 9.17) is 20.8 Å². The Morgan fingerprint density at radius 3 is 3.00 bits per heavy atom. The van der Waals surface area contributed by atoms with E-state index in [1.807, 2.05) is 18.2 Å². The number of carbonyl (C=O) groups is 1. The average Bonchev–Trinajstić information content (AvgIpc) is 3.37. The number of hydrogen-bond acceptors (Lipinski definition) is 5. The van der Waals surface area contributed by atoms with Gasteiger partial charge in [0.2, 0.25) is 0 Å². The lowest BCUT2D eigenvalue weighted by Gasteiger charge is -2.33. The quantitative estimate of drug-likeness (QED) is 0.711. The molecule has 3 atom stereocenters. The number of carbonyl (C=O) groups excluding carboxylic acids is 1. The fourth-order valence-electron chi connectivity index (χ4n) is 4.36. The van der Waals surface area contributed by atoms with E-state index in [9.17, 15) is 4.79 Å². The van der Waals surface area contributed by atoms with E-state index in [1.54, 1.807) is 24.5 Å². The molecule has 1 aromatic carbocycles. The van der Waals surface area contributed by atoms with Crippen molar-refractivity contribution in [2.45, 2.75) is 31.5 Å². The molecule has 4 heterocycles. The molecule has 2 fully saturated rings. The van der Waals surface area contributed by atoms with E-state index in [1.165, 1.54) is 0 Å². The van der Waals surface area contributed by atoms with Crippen LogP contribution < -0.4 is 5.32 Å². The highest BCUT2D eigenvalue weighted by Crippen LogP contribution is 2.30. The Balaban J connectivity index is 1.46. The first kappa shape index (κ1) is 18.6. The van der Waals surface area contributed by atoms with Gasteiger partial charge in [-0.3, -0.25) is 9.69 Å². The smallest absolute Gasteiger partial charge is 0.252 e. The van der Waals surface area contributed by atoms with Crippen LogP contribution in [-0.4, -0.2) is 53.7 Å². The average molecular weight is 412 g/mol. The zero-order chi connectivity index (χ0) is 20.0. The highest BCUT2D eigenvalue weighted by molar-refractivity contribution is 6.35. The summed E-state index contributed by atoms with van der Waals surface area (Å²) < 4.78 is 11.3. The summed E-state index contributed by atoms with van der Waals surface area (Å²) in [7, 11) is 0. The number of benzene rings is 1. The molecule has 7 heteroatoms. The number of hydrogen-bond donors (Lipinski definition) is 1. The van der Waals surface area contributed by atoms with Gasteiger partial charge in [-0.25, -0.2) is 4.98 Å². The maximum absolute atomic E-state index is 13.3. The number of amides is 1. The number of aromatic nitrogens is 1. The highest BCUT2D eigenvalue weighted by Gasteiger charge is 2.37. The predicted molar refractivity (Wildman–Crippen MR) is 111 cm³/mol. The van der Waals surface area contributed by atoms with E-state index in [-0.39, 0.29) is 18.1 Å². The molecule has 2 aliphatic rings. The van der Waals surface area contributed by atoms with Gasteiger partial charge in [0.05, 0.1) is 35.1 Å². The minimum atomic E-state index is -0.119. The molecule has 1 N–H and O–H groups in total. The van der Waals surface area contributed by atoms with E-state index in [0.29, 0.717) is 33.6 Å². The van der Waals surface area contributed by atoms with Crippen LogP contribution in [0.15, 0.2) is 47.1 Å². The van der Waals surface area contributed by atoms with E-state index in [0.717, 1.165) is 31.5 Å². The molecule has 150 valence electrons. The number of para-hydroxylation sites is 1. The number of furan rings is 1. The third-order valence-electron chi connectivity index (χ3n) is 5.74. The molecule has 6 nitrogen and oxygen atoms in total. The van der Waals surface area contributed by atoms with Crippen molar-refractivity contribution in [1.29, 1.82) is 0 Å². The van der Waals surface area contributed by atoms with Gasteiger partial charge in [-0.15, -0.1) is 0 Å². The van der Waals surface area contributed by atoms with E-state index < -0.39 is 0 Å². The van der Waals surface area contributed by atoms with Gasteiger partial charge in [0, 0.05) is 30.6 Å². The minimum Gasteiger partial charge on any atom is -0.463 e. The molecule has 1 amide bonds. The highest BCUT2D eigenvalue weighted by atomic mass is 35.5. The fraction of sp³-hybridized carbons (Fsp3) is 0.364. The van der Waals surface area contributed by atoms with Gasteiger partial charge in [-0.05, 0) is 37.6 Å². The van der Waals surface area contributed by atoms with Crippen molar-refractivity contribution in [1.82, 2.24) is 15.2 Å². The number of fused-ring (bicyclic) bond motifs is 2. The maximum Gasteiger partial charge on any atom is 0.252 e. The molecule has 0 unspecified atom stereocenters. The van der Waals surface area contributed by atoms with Crippen LogP contribution >= 0.6 is 11.6 Å². The number of nitrogens with zero attached hydrogens (tertiary/aromatic N) is 2. The second-order valence-corrected chi connectivity index (χ2v) is 8.23. The first-order valence-corrected chi connectivity index (χ1v) is 10.3. The van der Waals surface area contributed by atoms with Crippen LogP contribution in [0.1, 0.15) is 23.7 Å². The predicted octanol–water partition coefficient (Wildman–Crippen LogP) is 3.74. The van der Waals surface area contributed by atoms with Gasteiger partial charge in [-0.1, -0.05) is 23.7 Å². The minimum absolute atomic E-state index is 0.0934. The summed E-state index contributed by atoms with van der Waals surface area (Å²) in [6.07, 6.45) is 2.72. The van der Waals surface area contributed by atoms with Crippen LogP contribution in [0, 0.1) is 0 Å².